The number of aliphatic hydroxyl groups excluding tert-OH is 3. The van der Waals surface area contributed by atoms with E-state index in [0.717, 1.165) is 0 Å². The lowest BCUT2D eigenvalue weighted by atomic mass is 10.1. The Morgan fingerprint density at radius 1 is 0.750 bits per heavy atom. The summed E-state index contributed by atoms with van der Waals surface area (Å²) in [5.74, 6) is 0. The molecule has 0 aliphatic rings. The molecular weight excluding hydrogens is 156 g/mol. The van der Waals surface area contributed by atoms with E-state index in [1.807, 2.05) is 0 Å². The SMILES string of the molecule is CC(O)CCC(O)CCC(C)O. The first-order valence-corrected chi connectivity index (χ1v) is 4.56. The first-order chi connectivity index (χ1) is 5.52. The fraction of sp³-hybridized carbons (Fsp3) is 1.00. The molecule has 0 saturated carbocycles. The Balaban J connectivity index is 3.27. The van der Waals surface area contributed by atoms with Crippen LogP contribution in [0.1, 0.15) is 39.5 Å². The lowest BCUT2D eigenvalue weighted by molar-refractivity contribution is 0.0971. The Kier molecular flexibility index (Phi) is 6.34. The number of rotatable bonds is 6. The van der Waals surface area contributed by atoms with E-state index in [2.05, 4.69) is 0 Å². The van der Waals surface area contributed by atoms with Gasteiger partial charge in [-0.15, -0.1) is 0 Å². The number of aliphatic hydroxyl groups is 3. The van der Waals surface area contributed by atoms with Gasteiger partial charge in [-0.25, -0.2) is 0 Å². The van der Waals surface area contributed by atoms with Crippen molar-refractivity contribution < 1.29 is 15.3 Å². The average Bonchev–Trinajstić information content (AvgIpc) is 1.96. The van der Waals surface area contributed by atoms with Crippen molar-refractivity contribution in [1.29, 1.82) is 0 Å². The van der Waals surface area contributed by atoms with Gasteiger partial charge in [-0.3, -0.25) is 0 Å². The molecule has 0 aromatic carbocycles. The molecule has 3 nitrogen and oxygen atoms in total. The molecule has 3 heteroatoms. The Hall–Kier alpha value is -0.120. The highest BCUT2D eigenvalue weighted by atomic mass is 16.3. The van der Waals surface area contributed by atoms with Gasteiger partial charge < -0.3 is 15.3 Å². The van der Waals surface area contributed by atoms with E-state index in [4.69, 9.17) is 10.2 Å². The molecule has 0 heterocycles. The Labute approximate surface area is 74.0 Å². The van der Waals surface area contributed by atoms with Crippen LogP contribution in [0.2, 0.25) is 0 Å². The van der Waals surface area contributed by atoms with Crippen LogP contribution < -0.4 is 0 Å². The van der Waals surface area contributed by atoms with Crippen LogP contribution in [-0.2, 0) is 0 Å². The third kappa shape index (κ3) is 7.98. The molecule has 0 aromatic heterocycles. The summed E-state index contributed by atoms with van der Waals surface area (Å²) < 4.78 is 0. The van der Waals surface area contributed by atoms with Crippen molar-refractivity contribution in [2.75, 3.05) is 0 Å². The average molecular weight is 176 g/mol. The first kappa shape index (κ1) is 11.9. The van der Waals surface area contributed by atoms with E-state index in [1.165, 1.54) is 0 Å². The Morgan fingerprint density at radius 2 is 1.08 bits per heavy atom. The maximum Gasteiger partial charge on any atom is 0.0542 e. The third-order valence-corrected chi connectivity index (χ3v) is 1.84. The lowest BCUT2D eigenvalue weighted by Gasteiger charge is -2.12. The van der Waals surface area contributed by atoms with Crippen molar-refractivity contribution in [3.63, 3.8) is 0 Å². The van der Waals surface area contributed by atoms with Crippen molar-refractivity contribution in [3.05, 3.63) is 0 Å². The maximum absolute atomic E-state index is 9.32. The number of hydrogen-bond donors (Lipinski definition) is 3. The van der Waals surface area contributed by atoms with Crippen LogP contribution in [0.5, 0.6) is 0 Å². The Bertz CT molecular complexity index is 89.9. The highest BCUT2D eigenvalue weighted by Crippen LogP contribution is 2.08. The van der Waals surface area contributed by atoms with E-state index < -0.39 is 0 Å². The summed E-state index contributed by atoms with van der Waals surface area (Å²) >= 11 is 0. The maximum atomic E-state index is 9.32. The zero-order valence-corrected chi connectivity index (χ0v) is 7.90. The fourth-order valence-electron chi connectivity index (χ4n) is 1.01. The quantitative estimate of drug-likeness (QED) is 0.557. The summed E-state index contributed by atoms with van der Waals surface area (Å²) in [4.78, 5) is 0. The predicted molar refractivity (Wildman–Crippen MR) is 47.8 cm³/mol. The van der Waals surface area contributed by atoms with Gasteiger partial charge in [-0.05, 0) is 39.5 Å². The topological polar surface area (TPSA) is 60.7 Å². The van der Waals surface area contributed by atoms with E-state index in [-0.39, 0.29) is 18.3 Å². The minimum Gasteiger partial charge on any atom is -0.393 e. The zero-order valence-electron chi connectivity index (χ0n) is 7.90. The van der Waals surface area contributed by atoms with Gasteiger partial charge in [0, 0.05) is 0 Å². The van der Waals surface area contributed by atoms with E-state index in [0.29, 0.717) is 25.7 Å². The first-order valence-electron chi connectivity index (χ1n) is 4.56. The molecule has 2 unspecified atom stereocenters. The van der Waals surface area contributed by atoms with Crippen molar-refractivity contribution in [3.8, 4) is 0 Å². The molecule has 0 aliphatic heterocycles. The minimum absolute atomic E-state index is 0.341. The van der Waals surface area contributed by atoms with Crippen LogP contribution in [-0.4, -0.2) is 33.6 Å². The van der Waals surface area contributed by atoms with Crippen molar-refractivity contribution >= 4 is 0 Å². The fourth-order valence-corrected chi connectivity index (χ4v) is 1.01. The van der Waals surface area contributed by atoms with Gasteiger partial charge >= 0.3 is 0 Å². The second-order valence-corrected chi connectivity index (χ2v) is 3.51. The molecule has 12 heavy (non-hydrogen) atoms. The van der Waals surface area contributed by atoms with Crippen LogP contribution in [0.3, 0.4) is 0 Å². The molecule has 3 N–H and O–H groups in total. The van der Waals surface area contributed by atoms with Crippen LogP contribution in [0.4, 0.5) is 0 Å². The van der Waals surface area contributed by atoms with Gasteiger partial charge in [-0.1, -0.05) is 0 Å². The van der Waals surface area contributed by atoms with Gasteiger partial charge in [-0.2, -0.15) is 0 Å². The van der Waals surface area contributed by atoms with Crippen molar-refractivity contribution in [2.45, 2.75) is 57.8 Å². The normalized spacial score (nSPS) is 18.8. The zero-order chi connectivity index (χ0) is 9.56. The molecule has 0 bridgehead atoms. The highest BCUT2D eigenvalue weighted by molar-refractivity contribution is 4.60. The van der Waals surface area contributed by atoms with E-state index >= 15 is 0 Å². The molecular formula is C9H20O3. The molecule has 0 rings (SSSR count). The molecule has 0 aromatic rings. The molecule has 0 spiro atoms. The van der Waals surface area contributed by atoms with Gasteiger partial charge in [0.2, 0.25) is 0 Å². The molecule has 2 atom stereocenters. The summed E-state index contributed by atoms with van der Waals surface area (Å²) in [6.45, 7) is 3.42. The highest BCUT2D eigenvalue weighted by Gasteiger charge is 2.07. The second kappa shape index (κ2) is 6.40. The summed E-state index contributed by atoms with van der Waals surface area (Å²) in [6, 6.07) is 0. The second-order valence-electron chi connectivity index (χ2n) is 3.51. The molecule has 0 fully saturated rings. The van der Waals surface area contributed by atoms with Crippen LogP contribution >= 0.6 is 0 Å². The van der Waals surface area contributed by atoms with Gasteiger partial charge in [0.25, 0.3) is 0 Å². The summed E-state index contributed by atoms with van der Waals surface area (Å²) in [5.41, 5.74) is 0. The monoisotopic (exact) mass is 176 g/mol. The summed E-state index contributed by atoms with van der Waals surface area (Å²) in [5, 5.41) is 27.2. The smallest absolute Gasteiger partial charge is 0.0542 e. The third-order valence-electron chi connectivity index (χ3n) is 1.84. The van der Waals surface area contributed by atoms with Crippen LogP contribution in [0.15, 0.2) is 0 Å². The Morgan fingerprint density at radius 3 is 1.33 bits per heavy atom. The van der Waals surface area contributed by atoms with Gasteiger partial charge in [0.05, 0.1) is 18.3 Å². The molecule has 0 amide bonds. The van der Waals surface area contributed by atoms with Crippen LogP contribution in [0.25, 0.3) is 0 Å². The summed E-state index contributed by atoms with van der Waals surface area (Å²) in [7, 11) is 0. The van der Waals surface area contributed by atoms with E-state index in [9.17, 15) is 5.11 Å². The van der Waals surface area contributed by atoms with Crippen molar-refractivity contribution in [1.82, 2.24) is 0 Å². The molecule has 0 radical (unpaired) electrons. The standard InChI is InChI=1S/C9H20O3/c1-7(10)3-5-9(12)6-4-8(2)11/h7-12H,3-6H2,1-2H3. The summed E-state index contributed by atoms with van der Waals surface area (Å²) in [6.07, 6.45) is 1.42. The minimum atomic E-state index is -0.380. The predicted octanol–water partition coefficient (Wildman–Crippen LogP) is 0.669. The largest absolute Gasteiger partial charge is 0.393 e. The van der Waals surface area contributed by atoms with E-state index in [1.54, 1.807) is 13.8 Å². The molecule has 74 valence electrons. The number of hydrogen-bond acceptors (Lipinski definition) is 3. The van der Waals surface area contributed by atoms with Crippen LogP contribution in [0, 0.1) is 0 Å². The van der Waals surface area contributed by atoms with Gasteiger partial charge in [0.15, 0.2) is 0 Å². The van der Waals surface area contributed by atoms with Crippen molar-refractivity contribution in [2.24, 2.45) is 0 Å². The molecule has 0 aliphatic carbocycles. The lowest BCUT2D eigenvalue weighted by Crippen LogP contribution is -2.13. The van der Waals surface area contributed by atoms with Gasteiger partial charge in [0.1, 0.15) is 0 Å². The molecule has 0 saturated heterocycles.